The van der Waals surface area contributed by atoms with Gasteiger partial charge >= 0.3 is 6.03 Å². The molecule has 25 heavy (non-hydrogen) atoms. The first-order valence-electron chi connectivity index (χ1n) is 8.86. The van der Waals surface area contributed by atoms with Crippen molar-refractivity contribution in [1.29, 1.82) is 0 Å². The van der Waals surface area contributed by atoms with Crippen LogP contribution in [0, 0.1) is 0 Å². The van der Waals surface area contributed by atoms with Gasteiger partial charge in [-0.2, -0.15) is 5.10 Å². The molecule has 0 radical (unpaired) electrons. The predicted molar refractivity (Wildman–Crippen MR) is 98.8 cm³/mol. The van der Waals surface area contributed by atoms with Crippen LogP contribution in [0.15, 0.2) is 42.7 Å². The van der Waals surface area contributed by atoms with Gasteiger partial charge in [0.25, 0.3) is 0 Å². The largest absolute Gasteiger partial charge is 0.331 e. The summed E-state index contributed by atoms with van der Waals surface area (Å²) >= 11 is 0. The molecule has 6 heteroatoms. The molecule has 0 saturated carbocycles. The van der Waals surface area contributed by atoms with Crippen molar-refractivity contribution in [3.05, 3.63) is 48.3 Å². The standard InChI is InChI=1S/C19H27N5O/c1-15(16-7-4-8-17(13-16)24-12-6-10-20-24)21-19(25)23-11-5-9-18(14-23)22(2)3/h4,6-8,10,12-13,15,18H,5,9,11,14H2,1-3H3,(H,21,25)/t15-,18-/m1/s1. The number of benzene rings is 1. The van der Waals surface area contributed by atoms with Crippen LogP contribution < -0.4 is 5.32 Å². The van der Waals surface area contributed by atoms with Crippen LogP contribution >= 0.6 is 0 Å². The number of likely N-dealkylation sites (N-methyl/N-ethyl adjacent to an activating group) is 1. The Labute approximate surface area is 149 Å². The van der Waals surface area contributed by atoms with Crippen LogP contribution in [-0.2, 0) is 0 Å². The number of urea groups is 1. The van der Waals surface area contributed by atoms with Crippen LogP contribution in [0.25, 0.3) is 5.69 Å². The Hall–Kier alpha value is -2.34. The van der Waals surface area contributed by atoms with Crippen LogP contribution in [0.1, 0.15) is 31.4 Å². The molecule has 1 aromatic carbocycles. The fraction of sp³-hybridized carbons (Fsp3) is 0.474. The first-order chi connectivity index (χ1) is 12.0. The highest BCUT2D eigenvalue weighted by atomic mass is 16.2. The summed E-state index contributed by atoms with van der Waals surface area (Å²) in [5.41, 5.74) is 2.07. The van der Waals surface area contributed by atoms with Gasteiger partial charge in [-0.05, 0) is 57.6 Å². The SMILES string of the molecule is C[C@@H](NC(=O)N1CCC[C@@H](N(C)C)C1)c1cccc(-n2cccn2)c1. The molecular weight excluding hydrogens is 314 g/mol. The molecule has 3 rings (SSSR count). The maximum absolute atomic E-state index is 12.6. The molecule has 1 aliphatic heterocycles. The van der Waals surface area contributed by atoms with Crippen LogP contribution in [-0.4, -0.2) is 58.8 Å². The van der Waals surface area contributed by atoms with Gasteiger partial charge in [0, 0.05) is 31.5 Å². The van der Waals surface area contributed by atoms with Gasteiger partial charge < -0.3 is 15.1 Å². The van der Waals surface area contributed by atoms with E-state index >= 15 is 0 Å². The van der Waals surface area contributed by atoms with E-state index in [-0.39, 0.29) is 12.1 Å². The maximum atomic E-state index is 12.6. The van der Waals surface area contributed by atoms with E-state index in [9.17, 15) is 4.79 Å². The molecule has 0 bridgehead atoms. The monoisotopic (exact) mass is 341 g/mol. The van der Waals surface area contributed by atoms with Crippen molar-refractivity contribution in [2.45, 2.75) is 31.8 Å². The van der Waals surface area contributed by atoms with Gasteiger partial charge in [0.1, 0.15) is 0 Å². The number of amides is 2. The number of nitrogens with one attached hydrogen (secondary N) is 1. The van der Waals surface area contributed by atoms with Crippen LogP contribution in [0.3, 0.4) is 0 Å². The molecule has 1 aromatic heterocycles. The fourth-order valence-electron chi connectivity index (χ4n) is 3.28. The Morgan fingerprint density at radius 2 is 2.20 bits per heavy atom. The van der Waals surface area contributed by atoms with Crippen molar-refractivity contribution in [3.8, 4) is 5.69 Å². The molecular formula is C19H27N5O. The van der Waals surface area contributed by atoms with E-state index < -0.39 is 0 Å². The molecule has 0 aliphatic carbocycles. The van der Waals surface area contributed by atoms with Crippen LogP contribution in [0.5, 0.6) is 0 Å². The molecule has 0 unspecified atom stereocenters. The van der Waals surface area contributed by atoms with Gasteiger partial charge in [0.05, 0.1) is 11.7 Å². The van der Waals surface area contributed by atoms with E-state index in [1.807, 2.05) is 47.0 Å². The summed E-state index contributed by atoms with van der Waals surface area (Å²) in [6.07, 6.45) is 5.88. The van der Waals surface area contributed by atoms with Crippen molar-refractivity contribution in [2.75, 3.05) is 27.2 Å². The van der Waals surface area contributed by atoms with Crippen molar-refractivity contribution in [1.82, 2.24) is 24.9 Å². The molecule has 2 heterocycles. The Kier molecular flexibility index (Phi) is 5.38. The van der Waals surface area contributed by atoms with E-state index in [1.54, 1.807) is 6.20 Å². The van der Waals surface area contributed by atoms with Crippen LogP contribution in [0.2, 0.25) is 0 Å². The molecule has 2 aromatic rings. The van der Waals surface area contributed by atoms with Crippen molar-refractivity contribution in [3.63, 3.8) is 0 Å². The number of likely N-dealkylation sites (tertiary alicyclic amines) is 1. The van der Waals surface area contributed by atoms with Gasteiger partial charge in [0.2, 0.25) is 0 Å². The zero-order valence-corrected chi connectivity index (χ0v) is 15.2. The van der Waals surface area contributed by atoms with Gasteiger partial charge in [-0.3, -0.25) is 0 Å². The minimum atomic E-state index is -0.0530. The summed E-state index contributed by atoms with van der Waals surface area (Å²) in [5.74, 6) is 0. The Balaban J connectivity index is 1.64. The first-order valence-corrected chi connectivity index (χ1v) is 8.86. The van der Waals surface area contributed by atoms with Crippen molar-refractivity contribution >= 4 is 6.03 Å². The number of aromatic nitrogens is 2. The third-order valence-electron chi connectivity index (χ3n) is 4.89. The lowest BCUT2D eigenvalue weighted by Gasteiger charge is -2.36. The molecule has 1 N–H and O–H groups in total. The number of carbonyl (C=O) groups excluding carboxylic acids is 1. The van der Waals surface area contributed by atoms with E-state index in [1.165, 1.54) is 0 Å². The second-order valence-corrected chi connectivity index (χ2v) is 6.92. The lowest BCUT2D eigenvalue weighted by Crippen LogP contribution is -2.51. The molecule has 0 spiro atoms. The quantitative estimate of drug-likeness (QED) is 0.930. The van der Waals surface area contributed by atoms with E-state index in [4.69, 9.17) is 0 Å². The molecule has 1 aliphatic rings. The summed E-state index contributed by atoms with van der Waals surface area (Å²) in [4.78, 5) is 16.8. The fourth-order valence-corrected chi connectivity index (χ4v) is 3.28. The second kappa shape index (κ2) is 7.70. The highest BCUT2D eigenvalue weighted by Crippen LogP contribution is 2.18. The Bertz CT molecular complexity index is 698. The molecule has 134 valence electrons. The Morgan fingerprint density at radius 1 is 1.36 bits per heavy atom. The smallest absolute Gasteiger partial charge is 0.317 e. The second-order valence-electron chi connectivity index (χ2n) is 6.92. The summed E-state index contributed by atoms with van der Waals surface area (Å²) in [7, 11) is 4.16. The highest BCUT2D eigenvalue weighted by molar-refractivity contribution is 5.75. The van der Waals surface area contributed by atoms with Crippen molar-refractivity contribution in [2.24, 2.45) is 0 Å². The average Bonchev–Trinajstić information content (AvgIpc) is 3.16. The predicted octanol–water partition coefficient (Wildman–Crippen LogP) is 2.67. The number of hydrogen-bond acceptors (Lipinski definition) is 3. The molecule has 2 atom stereocenters. The average molecular weight is 341 g/mol. The zero-order valence-electron chi connectivity index (χ0n) is 15.2. The summed E-state index contributed by atoms with van der Waals surface area (Å²) in [6.45, 7) is 3.64. The zero-order chi connectivity index (χ0) is 17.8. The summed E-state index contributed by atoms with van der Waals surface area (Å²) < 4.78 is 1.82. The molecule has 1 fully saturated rings. The molecule has 2 amide bonds. The minimum Gasteiger partial charge on any atom is -0.331 e. The maximum Gasteiger partial charge on any atom is 0.317 e. The third kappa shape index (κ3) is 4.20. The van der Waals surface area contributed by atoms with Gasteiger partial charge in [0.15, 0.2) is 0 Å². The van der Waals surface area contributed by atoms with Gasteiger partial charge in [-0.15, -0.1) is 0 Å². The lowest BCUT2D eigenvalue weighted by molar-refractivity contribution is 0.138. The molecule has 6 nitrogen and oxygen atoms in total. The topological polar surface area (TPSA) is 53.4 Å². The normalized spacial score (nSPS) is 19.0. The number of rotatable bonds is 4. The van der Waals surface area contributed by atoms with Crippen molar-refractivity contribution < 1.29 is 4.79 Å². The van der Waals surface area contributed by atoms with Gasteiger partial charge in [-0.25, -0.2) is 9.48 Å². The minimum absolute atomic E-state index is 0.0172. The molecule has 1 saturated heterocycles. The first kappa shape index (κ1) is 17.5. The van der Waals surface area contributed by atoms with Gasteiger partial charge in [-0.1, -0.05) is 12.1 Å². The lowest BCUT2D eigenvalue weighted by atomic mass is 10.0. The Morgan fingerprint density at radius 3 is 2.92 bits per heavy atom. The number of carbonyl (C=O) groups is 1. The summed E-state index contributed by atoms with van der Waals surface area (Å²) in [6, 6.07) is 10.4. The summed E-state index contributed by atoms with van der Waals surface area (Å²) in [5, 5.41) is 7.40. The van der Waals surface area contributed by atoms with E-state index in [0.29, 0.717) is 6.04 Å². The van der Waals surface area contributed by atoms with E-state index in [2.05, 4.69) is 35.5 Å². The number of piperidine rings is 1. The van der Waals surface area contributed by atoms with E-state index in [0.717, 1.165) is 37.2 Å². The highest BCUT2D eigenvalue weighted by Gasteiger charge is 2.25. The third-order valence-corrected chi connectivity index (χ3v) is 4.89. The number of hydrogen-bond donors (Lipinski definition) is 1. The van der Waals surface area contributed by atoms with Crippen LogP contribution in [0.4, 0.5) is 4.79 Å². The number of nitrogens with zero attached hydrogens (tertiary/aromatic N) is 4.